The van der Waals surface area contributed by atoms with Crippen LogP contribution in [0.5, 0.6) is 0 Å². The van der Waals surface area contributed by atoms with E-state index in [1.165, 1.54) is 12.3 Å². The van der Waals surface area contributed by atoms with Crippen molar-refractivity contribution in [1.82, 2.24) is 4.98 Å². The minimum Gasteiger partial charge on any atom is -0.480 e. The van der Waals surface area contributed by atoms with Gasteiger partial charge in [0.25, 0.3) is 10.0 Å². The predicted molar refractivity (Wildman–Crippen MR) is 82.3 cm³/mol. The molecule has 22 heavy (non-hydrogen) atoms. The van der Waals surface area contributed by atoms with Crippen molar-refractivity contribution in [1.29, 1.82) is 0 Å². The number of anilines is 1. The highest BCUT2D eigenvalue weighted by atomic mass is 32.2. The number of carboxylic acids is 1. The van der Waals surface area contributed by atoms with E-state index in [1.807, 2.05) is 6.92 Å². The molecule has 116 valence electrons. The Kier molecular flexibility index (Phi) is 4.46. The molecule has 7 heteroatoms. The van der Waals surface area contributed by atoms with Crippen molar-refractivity contribution in [3.05, 3.63) is 53.7 Å². The molecule has 0 saturated heterocycles. The van der Waals surface area contributed by atoms with Gasteiger partial charge in [-0.1, -0.05) is 23.8 Å². The maximum atomic E-state index is 12.7. The summed E-state index contributed by atoms with van der Waals surface area (Å²) >= 11 is 0. The summed E-state index contributed by atoms with van der Waals surface area (Å²) in [6.45, 7) is 2.99. The lowest BCUT2D eigenvalue weighted by molar-refractivity contribution is -0.135. The Morgan fingerprint density at radius 3 is 2.18 bits per heavy atom. The fraction of sp³-hybridized carbons (Fsp3) is 0.200. The van der Waals surface area contributed by atoms with Crippen LogP contribution in [0.1, 0.15) is 11.1 Å². The van der Waals surface area contributed by atoms with Crippen molar-refractivity contribution in [2.75, 3.05) is 10.8 Å². The SMILES string of the molecule is Cc1ccc(N(CC(=O)O)S(=O)(=O)c2ccc(C)cn2)cc1. The maximum absolute atomic E-state index is 12.7. The van der Waals surface area contributed by atoms with Crippen LogP contribution in [0.25, 0.3) is 0 Å². The molecule has 1 N–H and O–H groups in total. The van der Waals surface area contributed by atoms with Crippen LogP contribution < -0.4 is 4.31 Å². The third-order valence-corrected chi connectivity index (χ3v) is 4.73. The number of aliphatic carboxylic acids is 1. The van der Waals surface area contributed by atoms with Crippen LogP contribution in [0, 0.1) is 13.8 Å². The van der Waals surface area contributed by atoms with Gasteiger partial charge in [0.05, 0.1) is 5.69 Å². The van der Waals surface area contributed by atoms with E-state index >= 15 is 0 Å². The van der Waals surface area contributed by atoms with Crippen LogP contribution in [-0.4, -0.2) is 31.0 Å². The quantitative estimate of drug-likeness (QED) is 0.910. The fourth-order valence-corrected chi connectivity index (χ4v) is 3.20. The summed E-state index contributed by atoms with van der Waals surface area (Å²) in [6.07, 6.45) is 1.43. The monoisotopic (exact) mass is 320 g/mol. The molecular formula is C15H16N2O4S. The van der Waals surface area contributed by atoms with Crippen molar-refractivity contribution in [2.24, 2.45) is 0 Å². The Morgan fingerprint density at radius 1 is 1.09 bits per heavy atom. The third kappa shape index (κ3) is 3.43. The number of sulfonamides is 1. The predicted octanol–water partition coefficient (Wildman–Crippen LogP) is 1.98. The second-order valence-electron chi connectivity index (χ2n) is 4.91. The summed E-state index contributed by atoms with van der Waals surface area (Å²) in [7, 11) is -4.04. The zero-order valence-corrected chi connectivity index (χ0v) is 13.0. The largest absolute Gasteiger partial charge is 0.480 e. The number of carboxylic acid groups (broad SMARTS) is 1. The van der Waals surface area contributed by atoms with Gasteiger partial charge in [-0.25, -0.2) is 4.98 Å². The number of aromatic nitrogens is 1. The van der Waals surface area contributed by atoms with Crippen LogP contribution in [0.2, 0.25) is 0 Å². The highest BCUT2D eigenvalue weighted by molar-refractivity contribution is 7.92. The lowest BCUT2D eigenvalue weighted by Crippen LogP contribution is -2.36. The minimum absolute atomic E-state index is 0.181. The van der Waals surface area contributed by atoms with E-state index in [1.54, 1.807) is 37.3 Å². The molecule has 0 fully saturated rings. The summed E-state index contributed by atoms with van der Waals surface area (Å²) in [5.74, 6) is -1.24. The molecule has 0 spiro atoms. The normalized spacial score (nSPS) is 11.2. The molecule has 2 rings (SSSR count). The van der Waals surface area contributed by atoms with Gasteiger partial charge in [-0.2, -0.15) is 8.42 Å². The van der Waals surface area contributed by atoms with E-state index in [4.69, 9.17) is 5.11 Å². The molecule has 0 bridgehead atoms. The van der Waals surface area contributed by atoms with Crippen LogP contribution >= 0.6 is 0 Å². The molecule has 0 saturated carbocycles. The van der Waals surface area contributed by atoms with Gasteiger partial charge in [0.2, 0.25) is 0 Å². The molecule has 0 radical (unpaired) electrons. The van der Waals surface area contributed by atoms with E-state index < -0.39 is 22.5 Å². The van der Waals surface area contributed by atoms with Crippen molar-refractivity contribution >= 4 is 21.7 Å². The number of pyridine rings is 1. The van der Waals surface area contributed by atoms with Gasteiger partial charge >= 0.3 is 5.97 Å². The Morgan fingerprint density at radius 2 is 1.68 bits per heavy atom. The molecule has 1 heterocycles. The van der Waals surface area contributed by atoms with Crippen LogP contribution in [-0.2, 0) is 14.8 Å². The molecule has 0 aliphatic rings. The van der Waals surface area contributed by atoms with Gasteiger partial charge in [0.1, 0.15) is 6.54 Å². The van der Waals surface area contributed by atoms with Crippen molar-refractivity contribution in [3.8, 4) is 0 Å². The van der Waals surface area contributed by atoms with E-state index in [2.05, 4.69) is 4.98 Å². The van der Waals surface area contributed by atoms with E-state index in [0.29, 0.717) is 0 Å². The maximum Gasteiger partial charge on any atom is 0.324 e. The van der Waals surface area contributed by atoms with Gasteiger partial charge in [-0.05, 0) is 37.6 Å². The van der Waals surface area contributed by atoms with Gasteiger partial charge in [-0.15, -0.1) is 0 Å². The lowest BCUT2D eigenvalue weighted by atomic mass is 10.2. The molecule has 0 unspecified atom stereocenters. The first-order chi connectivity index (χ1) is 10.3. The average molecular weight is 320 g/mol. The van der Waals surface area contributed by atoms with Gasteiger partial charge in [-0.3, -0.25) is 9.10 Å². The topological polar surface area (TPSA) is 87.6 Å². The number of carbonyl (C=O) groups is 1. The summed E-state index contributed by atoms with van der Waals surface area (Å²) in [6, 6.07) is 9.58. The standard InChI is InChI=1S/C15H16N2O4S/c1-11-3-6-13(7-4-11)17(10-15(18)19)22(20,21)14-8-5-12(2)9-16-14/h3-9H,10H2,1-2H3,(H,18,19). The van der Waals surface area contributed by atoms with Crippen LogP contribution in [0.4, 0.5) is 5.69 Å². The van der Waals surface area contributed by atoms with Crippen molar-refractivity contribution < 1.29 is 18.3 Å². The van der Waals surface area contributed by atoms with E-state index in [0.717, 1.165) is 15.4 Å². The minimum atomic E-state index is -4.04. The summed E-state index contributed by atoms with van der Waals surface area (Å²) in [4.78, 5) is 15.0. The fourth-order valence-electron chi connectivity index (χ4n) is 1.87. The molecule has 0 atom stereocenters. The van der Waals surface area contributed by atoms with Gasteiger partial charge in [0, 0.05) is 6.20 Å². The van der Waals surface area contributed by atoms with E-state index in [-0.39, 0.29) is 10.7 Å². The number of nitrogens with zero attached hydrogens (tertiary/aromatic N) is 2. The number of benzene rings is 1. The van der Waals surface area contributed by atoms with Crippen LogP contribution in [0.3, 0.4) is 0 Å². The zero-order chi connectivity index (χ0) is 16.3. The molecule has 0 aliphatic carbocycles. The second kappa shape index (κ2) is 6.15. The van der Waals surface area contributed by atoms with Crippen molar-refractivity contribution in [3.63, 3.8) is 0 Å². The Bertz CT molecular complexity index is 768. The molecule has 0 aliphatic heterocycles. The highest BCUT2D eigenvalue weighted by Gasteiger charge is 2.28. The third-order valence-electron chi connectivity index (χ3n) is 3.04. The van der Waals surface area contributed by atoms with Crippen LogP contribution in [0.15, 0.2) is 47.6 Å². The van der Waals surface area contributed by atoms with E-state index in [9.17, 15) is 13.2 Å². The number of rotatable bonds is 5. The summed E-state index contributed by atoms with van der Waals surface area (Å²) < 4.78 is 26.2. The molecular weight excluding hydrogens is 304 g/mol. The molecule has 2 aromatic rings. The summed E-state index contributed by atoms with van der Waals surface area (Å²) in [5.41, 5.74) is 2.05. The zero-order valence-electron chi connectivity index (χ0n) is 12.2. The first-order valence-corrected chi connectivity index (χ1v) is 7.98. The Balaban J connectivity index is 2.50. The smallest absolute Gasteiger partial charge is 0.324 e. The first-order valence-electron chi connectivity index (χ1n) is 6.54. The van der Waals surface area contributed by atoms with Gasteiger partial charge in [0.15, 0.2) is 5.03 Å². The Hall–Kier alpha value is -2.41. The average Bonchev–Trinajstić information content (AvgIpc) is 2.46. The lowest BCUT2D eigenvalue weighted by Gasteiger charge is -2.22. The first kappa shape index (κ1) is 16.0. The molecule has 1 aromatic carbocycles. The molecule has 0 amide bonds. The number of hydrogen-bond acceptors (Lipinski definition) is 4. The highest BCUT2D eigenvalue weighted by Crippen LogP contribution is 2.23. The number of hydrogen-bond donors (Lipinski definition) is 1. The summed E-state index contributed by atoms with van der Waals surface area (Å²) in [5, 5.41) is 8.85. The Labute approximate surface area is 129 Å². The molecule has 1 aromatic heterocycles. The number of aryl methyl sites for hydroxylation is 2. The van der Waals surface area contributed by atoms with Crippen molar-refractivity contribution in [2.45, 2.75) is 18.9 Å². The molecule has 6 nitrogen and oxygen atoms in total. The second-order valence-corrected chi connectivity index (χ2v) is 6.72. The van der Waals surface area contributed by atoms with Gasteiger partial charge < -0.3 is 5.11 Å².